The van der Waals surface area contributed by atoms with E-state index in [9.17, 15) is 19.2 Å². The second-order valence-electron chi connectivity index (χ2n) is 17.6. The van der Waals surface area contributed by atoms with E-state index in [2.05, 4.69) is 21.3 Å². The SMILES string of the molecule is O=C1COc2c3cc(-c4ccccc4)cc2Sc2cc(-c4ccccc4)cc4c2OCC(=O)NCCNC(=O)COc2c(cc(-c5ccccc5)cc2Sc2cc(-c5ccccc5)cc(c2OCC(=O)NCCN1)S4)S3. The molecule has 4 aliphatic heterocycles. The van der Waals surface area contributed by atoms with Crippen molar-refractivity contribution in [2.24, 2.45) is 0 Å². The zero-order chi connectivity index (χ0) is 51.8. The molecule has 4 heterocycles. The fourth-order valence-electron chi connectivity index (χ4n) is 8.71. The van der Waals surface area contributed by atoms with Crippen LogP contribution in [0.4, 0.5) is 0 Å². The molecular formula is C60H48N4O8S4. The van der Waals surface area contributed by atoms with Crippen molar-refractivity contribution in [1.29, 1.82) is 0 Å². The number of ether oxygens (including phenoxy) is 4. The highest BCUT2D eigenvalue weighted by atomic mass is 32.2. The number of rotatable bonds is 4. The lowest BCUT2D eigenvalue weighted by Gasteiger charge is -2.23. The highest BCUT2D eigenvalue weighted by Crippen LogP contribution is 2.56. The van der Waals surface area contributed by atoms with E-state index in [4.69, 9.17) is 18.9 Å². The summed E-state index contributed by atoms with van der Waals surface area (Å²) in [5.74, 6) is -0.00459. The summed E-state index contributed by atoms with van der Waals surface area (Å²) >= 11 is 5.58. The van der Waals surface area contributed by atoms with E-state index >= 15 is 0 Å². The highest BCUT2D eigenvalue weighted by molar-refractivity contribution is 8.01. The molecule has 0 saturated heterocycles. The number of carbonyl (C=O) groups excluding carboxylic acids is 4. The van der Waals surface area contributed by atoms with E-state index < -0.39 is 23.6 Å². The van der Waals surface area contributed by atoms with Gasteiger partial charge >= 0.3 is 0 Å². The van der Waals surface area contributed by atoms with E-state index in [0.29, 0.717) is 62.2 Å². The van der Waals surface area contributed by atoms with Crippen LogP contribution in [-0.4, -0.2) is 76.2 Å². The summed E-state index contributed by atoms with van der Waals surface area (Å²) in [6.07, 6.45) is 0. The number of fused-ring (bicyclic) bond motifs is 9. The van der Waals surface area contributed by atoms with Gasteiger partial charge in [0.1, 0.15) is 23.0 Å². The standard InChI is InChI=1S/C60H48N4O8S4/c65-53-33-69-57-45-25-41(37-13-5-1-6-14-37)26-46(57)74-48-28-43(39-17-9-3-10-18-39)30-50-59(48)71-35-55(67)63-24-23-62-54(66)34-70-58-47(73-45)27-42(38-15-7-2-8-16-38)29-49(58)75-51-31-44(40-19-11-4-12-20-40)32-52(76-50)60(51)72-36-56(68)64-22-21-61-53/h1-20,25-32H,21-24,33-36H2,(H,61,65)(H,62,66)(H,63,67)(H,64,68). The molecule has 0 atom stereocenters. The van der Waals surface area contributed by atoms with Crippen LogP contribution in [0.5, 0.6) is 23.0 Å². The van der Waals surface area contributed by atoms with Crippen LogP contribution in [0, 0.1) is 0 Å². The third-order valence-electron chi connectivity index (χ3n) is 12.3. The molecule has 0 fully saturated rings. The van der Waals surface area contributed by atoms with Gasteiger partial charge in [0.2, 0.25) is 0 Å². The molecule has 12 rings (SSSR count). The molecule has 76 heavy (non-hydrogen) atoms. The molecule has 4 N–H and O–H groups in total. The highest BCUT2D eigenvalue weighted by Gasteiger charge is 2.28. The lowest BCUT2D eigenvalue weighted by atomic mass is 10.1. The van der Waals surface area contributed by atoms with Gasteiger partial charge in [-0.3, -0.25) is 19.2 Å². The third-order valence-corrected chi connectivity index (χ3v) is 16.5. The largest absolute Gasteiger partial charge is 0.481 e. The van der Waals surface area contributed by atoms with Crippen molar-refractivity contribution < 1.29 is 38.1 Å². The average molecular weight is 1080 g/mol. The van der Waals surface area contributed by atoms with Gasteiger partial charge in [0.25, 0.3) is 23.6 Å². The van der Waals surface area contributed by atoms with Gasteiger partial charge in [-0.25, -0.2) is 0 Å². The van der Waals surface area contributed by atoms with Crippen molar-refractivity contribution in [3.8, 4) is 67.5 Å². The fraction of sp³-hybridized carbons (Fsp3) is 0.133. The van der Waals surface area contributed by atoms with Crippen molar-refractivity contribution in [3.63, 3.8) is 0 Å². The van der Waals surface area contributed by atoms with E-state index in [1.54, 1.807) is 0 Å². The Hall–Kier alpha value is -7.76. The van der Waals surface area contributed by atoms with Crippen LogP contribution in [0.2, 0.25) is 0 Å². The van der Waals surface area contributed by atoms with Crippen molar-refractivity contribution in [3.05, 3.63) is 170 Å². The number of hydrogen-bond donors (Lipinski definition) is 4. The Balaban J connectivity index is 1.28. The number of carbonyl (C=O) groups is 4. The quantitative estimate of drug-likeness (QED) is 0.124. The van der Waals surface area contributed by atoms with Crippen LogP contribution < -0.4 is 40.2 Å². The summed E-state index contributed by atoms with van der Waals surface area (Å²) in [5, 5.41) is 11.6. The molecule has 16 heteroatoms. The Bertz CT molecular complexity index is 2930. The van der Waals surface area contributed by atoms with Crippen molar-refractivity contribution >= 4 is 70.7 Å². The molecule has 0 spiro atoms. The zero-order valence-electron chi connectivity index (χ0n) is 40.7. The van der Waals surface area contributed by atoms with Gasteiger partial charge in [-0.15, -0.1) is 0 Å². The molecule has 12 bridgehead atoms. The average Bonchev–Trinajstić information content (AvgIpc) is 3.48. The van der Waals surface area contributed by atoms with Gasteiger partial charge in [0, 0.05) is 26.2 Å². The first-order valence-electron chi connectivity index (χ1n) is 24.5. The first kappa shape index (κ1) is 50.4. The lowest BCUT2D eigenvalue weighted by molar-refractivity contribution is -0.124. The van der Waals surface area contributed by atoms with Gasteiger partial charge in [-0.2, -0.15) is 0 Å². The van der Waals surface area contributed by atoms with Gasteiger partial charge in [0.05, 0.1) is 39.2 Å². The van der Waals surface area contributed by atoms with Gasteiger partial charge in [-0.1, -0.05) is 168 Å². The van der Waals surface area contributed by atoms with Gasteiger partial charge < -0.3 is 40.2 Å². The minimum Gasteiger partial charge on any atom is -0.481 e. The Morgan fingerprint density at radius 2 is 0.447 bits per heavy atom. The van der Waals surface area contributed by atoms with Crippen molar-refractivity contribution in [2.45, 2.75) is 39.2 Å². The maximum absolute atomic E-state index is 13.8. The first-order chi connectivity index (χ1) is 37.3. The fourth-order valence-corrected chi connectivity index (χ4v) is 13.5. The third kappa shape index (κ3) is 11.9. The molecule has 8 aromatic carbocycles. The predicted molar refractivity (Wildman–Crippen MR) is 298 cm³/mol. The maximum atomic E-state index is 13.8. The number of nitrogens with one attached hydrogen (secondary N) is 4. The van der Waals surface area contributed by atoms with Crippen LogP contribution in [0.1, 0.15) is 0 Å². The minimum absolute atomic E-state index is 0.142. The summed E-state index contributed by atoms with van der Waals surface area (Å²) in [4.78, 5) is 60.4. The Labute approximate surface area is 456 Å². The van der Waals surface area contributed by atoms with Crippen LogP contribution in [-0.2, 0) is 19.2 Å². The monoisotopic (exact) mass is 1080 g/mol. The summed E-state index contributed by atoms with van der Waals surface area (Å²) in [5.41, 5.74) is 7.17. The second kappa shape index (κ2) is 23.4. The molecule has 0 aromatic heterocycles. The molecule has 0 saturated carbocycles. The van der Waals surface area contributed by atoms with Crippen molar-refractivity contribution in [1.82, 2.24) is 21.3 Å². The molecule has 0 aliphatic carbocycles. The Morgan fingerprint density at radius 3 is 0.632 bits per heavy atom. The molecule has 0 radical (unpaired) electrons. The van der Waals surface area contributed by atoms with Gasteiger partial charge in [0.15, 0.2) is 26.4 Å². The molecule has 8 aromatic rings. The normalized spacial score (nSPS) is 15.2. The second-order valence-corrected chi connectivity index (χ2v) is 22.0. The topological polar surface area (TPSA) is 153 Å². The van der Waals surface area contributed by atoms with E-state index in [-0.39, 0.29) is 52.6 Å². The van der Waals surface area contributed by atoms with E-state index in [0.717, 1.165) is 44.5 Å². The zero-order valence-corrected chi connectivity index (χ0v) is 44.0. The Kier molecular flexibility index (Phi) is 15.5. The summed E-state index contributed by atoms with van der Waals surface area (Å²) < 4.78 is 27.1. The van der Waals surface area contributed by atoms with Crippen LogP contribution in [0.25, 0.3) is 44.5 Å². The van der Waals surface area contributed by atoms with Crippen LogP contribution in [0.3, 0.4) is 0 Å². The molecule has 380 valence electrons. The lowest BCUT2D eigenvalue weighted by Crippen LogP contribution is -2.38. The molecule has 4 aliphatic rings. The van der Waals surface area contributed by atoms with E-state index in [1.165, 1.54) is 47.0 Å². The molecular weight excluding hydrogens is 1030 g/mol. The number of benzene rings is 8. The minimum atomic E-state index is -0.404. The van der Waals surface area contributed by atoms with Gasteiger partial charge in [-0.05, 0) is 93.0 Å². The summed E-state index contributed by atoms with van der Waals surface area (Å²) in [6, 6.07) is 56.4. The predicted octanol–water partition coefficient (Wildman–Crippen LogP) is 11.3. The molecule has 4 amide bonds. The van der Waals surface area contributed by atoms with Crippen molar-refractivity contribution in [2.75, 3.05) is 52.6 Å². The van der Waals surface area contributed by atoms with Crippen LogP contribution >= 0.6 is 47.0 Å². The number of amides is 4. The summed E-state index contributed by atoms with van der Waals surface area (Å²) in [7, 11) is 0. The first-order valence-corrected chi connectivity index (χ1v) is 27.8. The maximum Gasteiger partial charge on any atom is 0.258 e. The van der Waals surface area contributed by atoms with E-state index in [1.807, 2.05) is 170 Å². The smallest absolute Gasteiger partial charge is 0.258 e. The number of hydrogen-bond acceptors (Lipinski definition) is 12. The molecule has 0 unspecified atom stereocenters. The Morgan fingerprint density at radius 1 is 0.263 bits per heavy atom. The molecule has 12 nitrogen and oxygen atoms in total. The summed E-state index contributed by atoms with van der Waals surface area (Å²) in [6.45, 7) is -0.905. The van der Waals surface area contributed by atoms with Crippen LogP contribution in [0.15, 0.2) is 209 Å².